The van der Waals surface area contributed by atoms with E-state index in [1.807, 2.05) is 24.1 Å². The van der Waals surface area contributed by atoms with Gasteiger partial charge in [0.15, 0.2) is 0 Å². The third-order valence-electron chi connectivity index (χ3n) is 4.23. The lowest BCUT2D eigenvalue weighted by Gasteiger charge is -2.33. The number of amides is 1. The van der Waals surface area contributed by atoms with Gasteiger partial charge in [-0.15, -0.1) is 0 Å². The number of nitrogens with one attached hydrogen (secondary N) is 1. The molecule has 1 aromatic rings. The van der Waals surface area contributed by atoms with Crippen LogP contribution >= 0.6 is 0 Å². The fraction of sp³-hybridized carbons (Fsp3) is 0.562. The molecule has 3 nitrogen and oxygen atoms in total. The zero-order valence-corrected chi connectivity index (χ0v) is 12.1. The van der Waals surface area contributed by atoms with E-state index in [-0.39, 0.29) is 11.8 Å². The van der Waals surface area contributed by atoms with Crippen LogP contribution in [0.4, 0.5) is 0 Å². The van der Waals surface area contributed by atoms with Gasteiger partial charge >= 0.3 is 0 Å². The summed E-state index contributed by atoms with van der Waals surface area (Å²) < 4.78 is 0. The van der Waals surface area contributed by atoms with Crippen LogP contribution in [0.5, 0.6) is 0 Å². The Hall–Kier alpha value is -1.35. The summed E-state index contributed by atoms with van der Waals surface area (Å²) in [6.07, 6.45) is 2.03. The van der Waals surface area contributed by atoms with E-state index in [2.05, 4.69) is 31.3 Å². The summed E-state index contributed by atoms with van der Waals surface area (Å²) >= 11 is 0. The minimum absolute atomic E-state index is 0.0319. The molecule has 0 saturated heterocycles. The second-order valence-electron chi connectivity index (χ2n) is 5.30. The largest absolute Gasteiger partial charge is 0.342 e. The number of hydrogen-bond acceptors (Lipinski definition) is 2. The highest BCUT2D eigenvalue weighted by Gasteiger charge is 2.30. The van der Waals surface area contributed by atoms with E-state index in [0.29, 0.717) is 6.04 Å². The van der Waals surface area contributed by atoms with Crippen LogP contribution < -0.4 is 5.32 Å². The predicted octanol–water partition coefficient (Wildman–Crippen LogP) is 2.52. The minimum atomic E-state index is -0.0319. The number of likely N-dealkylation sites (N-methyl/N-ethyl adjacent to an activating group) is 1. The van der Waals surface area contributed by atoms with Gasteiger partial charge in [0.05, 0.1) is 5.92 Å². The van der Waals surface area contributed by atoms with Crippen molar-refractivity contribution in [3.8, 4) is 0 Å². The van der Waals surface area contributed by atoms with Crippen molar-refractivity contribution in [2.75, 3.05) is 13.6 Å². The number of hydrogen-bond donors (Lipinski definition) is 1. The topological polar surface area (TPSA) is 32.3 Å². The van der Waals surface area contributed by atoms with Crippen molar-refractivity contribution in [2.24, 2.45) is 0 Å². The summed E-state index contributed by atoms with van der Waals surface area (Å²) in [5.41, 5.74) is 2.45. The van der Waals surface area contributed by atoms with Gasteiger partial charge in [-0.1, -0.05) is 38.1 Å². The number of nitrogens with zero attached hydrogens (tertiary/aromatic N) is 1. The molecule has 19 heavy (non-hydrogen) atoms. The molecule has 1 aromatic carbocycles. The highest BCUT2D eigenvalue weighted by Crippen LogP contribution is 2.26. The number of carbonyl (C=O) groups is 1. The maximum atomic E-state index is 12.7. The summed E-state index contributed by atoms with van der Waals surface area (Å²) in [7, 11) is 1.94. The average Bonchev–Trinajstić information content (AvgIpc) is 2.47. The van der Waals surface area contributed by atoms with Gasteiger partial charge in [-0.25, -0.2) is 0 Å². The number of fused-ring (bicyclic) bond motifs is 1. The summed E-state index contributed by atoms with van der Waals surface area (Å²) in [4.78, 5) is 14.6. The quantitative estimate of drug-likeness (QED) is 0.902. The van der Waals surface area contributed by atoms with Crippen LogP contribution in [-0.2, 0) is 11.3 Å². The lowest BCUT2D eigenvalue weighted by Crippen LogP contribution is -2.43. The van der Waals surface area contributed by atoms with Crippen molar-refractivity contribution >= 4 is 5.91 Å². The third-order valence-corrected chi connectivity index (χ3v) is 4.23. The molecule has 0 saturated carbocycles. The maximum absolute atomic E-state index is 12.7. The number of benzene rings is 1. The molecule has 1 atom stereocenters. The molecule has 0 radical (unpaired) electrons. The molecule has 1 amide bonds. The van der Waals surface area contributed by atoms with E-state index in [0.717, 1.165) is 25.9 Å². The monoisotopic (exact) mass is 260 g/mol. The summed E-state index contributed by atoms with van der Waals surface area (Å²) in [5, 5.41) is 3.35. The fourth-order valence-electron chi connectivity index (χ4n) is 2.98. The molecule has 1 heterocycles. The number of rotatable bonds is 4. The standard InChI is InChI=1S/C16H24N2O/c1-4-13(5-2)18(3)16(19)15-11-17-10-12-8-6-7-9-14(12)15/h6-9,13,15,17H,4-5,10-11H2,1-3H3. The first-order valence-electron chi connectivity index (χ1n) is 7.24. The Kier molecular flexibility index (Phi) is 4.59. The van der Waals surface area contributed by atoms with Gasteiger partial charge in [0.2, 0.25) is 5.91 Å². The Morgan fingerprint density at radius 2 is 2.05 bits per heavy atom. The molecule has 2 rings (SSSR count). The van der Waals surface area contributed by atoms with Crippen LogP contribution in [0.3, 0.4) is 0 Å². The third kappa shape index (κ3) is 2.81. The lowest BCUT2D eigenvalue weighted by atomic mass is 9.89. The van der Waals surface area contributed by atoms with Gasteiger partial charge in [-0.05, 0) is 24.0 Å². The molecule has 1 aliphatic heterocycles. The van der Waals surface area contributed by atoms with E-state index >= 15 is 0 Å². The van der Waals surface area contributed by atoms with Crippen molar-refractivity contribution in [3.63, 3.8) is 0 Å². The Morgan fingerprint density at radius 1 is 1.37 bits per heavy atom. The highest BCUT2D eigenvalue weighted by atomic mass is 16.2. The van der Waals surface area contributed by atoms with Crippen molar-refractivity contribution < 1.29 is 4.79 Å². The molecule has 1 N–H and O–H groups in total. The van der Waals surface area contributed by atoms with Crippen molar-refractivity contribution in [1.82, 2.24) is 10.2 Å². The molecule has 0 bridgehead atoms. The first-order chi connectivity index (χ1) is 9.19. The molecule has 0 aromatic heterocycles. The molecule has 3 heteroatoms. The van der Waals surface area contributed by atoms with Gasteiger partial charge in [0.1, 0.15) is 0 Å². The van der Waals surface area contributed by atoms with Crippen LogP contribution in [0.15, 0.2) is 24.3 Å². The average molecular weight is 260 g/mol. The van der Waals surface area contributed by atoms with Gasteiger partial charge in [-0.2, -0.15) is 0 Å². The van der Waals surface area contributed by atoms with Gasteiger partial charge < -0.3 is 10.2 Å². The smallest absolute Gasteiger partial charge is 0.231 e. The van der Waals surface area contributed by atoms with Crippen molar-refractivity contribution in [1.29, 1.82) is 0 Å². The normalized spacial score (nSPS) is 18.2. The van der Waals surface area contributed by atoms with E-state index in [9.17, 15) is 4.79 Å². The Morgan fingerprint density at radius 3 is 2.74 bits per heavy atom. The minimum Gasteiger partial charge on any atom is -0.342 e. The van der Waals surface area contributed by atoms with E-state index in [1.54, 1.807) is 0 Å². The molecular weight excluding hydrogens is 236 g/mol. The van der Waals surface area contributed by atoms with Gasteiger partial charge in [0, 0.05) is 26.2 Å². The van der Waals surface area contributed by atoms with Crippen molar-refractivity contribution in [2.45, 2.75) is 45.2 Å². The summed E-state index contributed by atoms with van der Waals surface area (Å²) in [5.74, 6) is 0.212. The number of carbonyl (C=O) groups excluding carboxylic acids is 1. The van der Waals surface area contributed by atoms with Gasteiger partial charge in [0.25, 0.3) is 0 Å². The zero-order valence-electron chi connectivity index (χ0n) is 12.1. The maximum Gasteiger partial charge on any atom is 0.231 e. The Labute approximate surface area is 116 Å². The second-order valence-corrected chi connectivity index (χ2v) is 5.30. The molecule has 1 aliphatic rings. The summed E-state index contributed by atoms with van der Waals surface area (Å²) in [6, 6.07) is 8.62. The Balaban J connectivity index is 2.21. The van der Waals surface area contributed by atoms with Crippen LogP contribution in [0.1, 0.15) is 43.7 Å². The highest BCUT2D eigenvalue weighted by molar-refractivity contribution is 5.84. The molecule has 0 fully saturated rings. The second kappa shape index (κ2) is 6.20. The van der Waals surface area contributed by atoms with Crippen LogP contribution in [0.2, 0.25) is 0 Å². The van der Waals surface area contributed by atoms with E-state index < -0.39 is 0 Å². The molecular formula is C16H24N2O. The SMILES string of the molecule is CCC(CC)N(C)C(=O)C1CNCc2ccccc21. The van der Waals surface area contributed by atoms with Crippen LogP contribution in [0.25, 0.3) is 0 Å². The molecule has 104 valence electrons. The molecule has 0 aliphatic carbocycles. The van der Waals surface area contributed by atoms with E-state index in [1.165, 1.54) is 11.1 Å². The molecule has 0 spiro atoms. The van der Waals surface area contributed by atoms with Crippen LogP contribution in [0, 0.1) is 0 Å². The summed E-state index contributed by atoms with van der Waals surface area (Å²) in [6.45, 7) is 5.91. The first-order valence-corrected chi connectivity index (χ1v) is 7.24. The first kappa shape index (κ1) is 14.1. The van der Waals surface area contributed by atoms with E-state index in [4.69, 9.17) is 0 Å². The fourth-order valence-corrected chi connectivity index (χ4v) is 2.98. The Bertz CT molecular complexity index is 440. The van der Waals surface area contributed by atoms with Crippen molar-refractivity contribution in [3.05, 3.63) is 35.4 Å². The zero-order chi connectivity index (χ0) is 13.8. The van der Waals surface area contributed by atoms with Gasteiger partial charge in [-0.3, -0.25) is 4.79 Å². The predicted molar refractivity (Wildman–Crippen MR) is 78.0 cm³/mol. The van der Waals surface area contributed by atoms with Crippen LogP contribution in [-0.4, -0.2) is 30.4 Å². The lowest BCUT2D eigenvalue weighted by molar-refractivity contribution is -0.133. The molecule has 1 unspecified atom stereocenters.